The number of nitrogens with one attached hydrogen (secondary N) is 1. The molecule has 2 aromatic carbocycles. The fraction of sp³-hybridized carbons (Fsp3) is 0.387. The second-order valence-electron chi connectivity index (χ2n) is 11.9. The maximum atomic E-state index is 13.5. The number of ether oxygens (including phenoxy) is 1. The summed E-state index contributed by atoms with van der Waals surface area (Å²) < 4.78 is 65.7. The summed E-state index contributed by atoms with van der Waals surface area (Å²) in [6, 6.07) is 14.8. The molecule has 4 heterocycles. The SMILES string of the molecule is Cc1nnn(C)c1-c1cnc2c3c(NS(=O)(=O)C4CC4)ccc(S(C)(=O)=O)c3n(C(c3ccccc3)C3CCOCC3)c2c1. The van der Waals surface area contributed by atoms with Gasteiger partial charge in [-0.1, -0.05) is 35.5 Å². The second kappa shape index (κ2) is 10.7. The monoisotopic (exact) mass is 634 g/mol. The average Bonchev–Trinajstić information content (AvgIpc) is 3.75. The predicted molar refractivity (Wildman–Crippen MR) is 169 cm³/mol. The Balaban J connectivity index is 1.63. The first-order valence-corrected chi connectivity index (χ1v) is 18.2. The maximum Gasteiger partial charge on any atom is 0.235 e. The van der Waals surface area contributed by atoms with Gasteiger partial charge in [0.15, 0.2) is 9.84 Å². The molecule has 13 heteroatoms. The van der Waals surface area contributed by atoms with E-state index in [1.165, 1.54) is 12.3 Å². The Kier molecular flexibility index (Phi) is 7.02. The summed E-state index contributed by atoms with van der Waals surface area (Å²) in [4.78, 5) is 5.04. The third kappa shape index (κ3) is 4.96. The zero-order valence-electron chi connectivity index (χ0n) is 24.8. The van der Waals surface area contributed by atoms with E-state index in [-0.39, 0.29) is 16.9 Å². The molecular formula is C31H34N6O5S2. The topological polar surface area (TPSA) is 138 Å². The van der Waals surface area contributed by atoms with Crippen LogP contribution < -0.4 is 4.72 Å². The molecule has 1 aliphatic carbocycles. The van der Waals surface area contributed by atoms with Crippen molar-refractivity contribution in [2.24, 2.45) is 13.0 Å². The van der Waals surface area contributed by atoms with Gasteiger partial charge in [0.1, 0.15) is 0 Å². The van der Waals surface area contributed by atoms with Gasteiger partial charge in [-0.2, -0.15) is 0 Å². The van der Waals surface area contributed by atoms with Crippen molar-refractivity contribution in [2.75, 3.05) is 24.2 Å². The fourth-order valence-electron chi connectivity index (χ4n) is 6.59. The molecule has 11 nitrogen and oxygen atoms in total. The quantitative estimate of drug-likeness (QED) is 0.261. The number of hydrogen-bond acceptors (Lipinski definition) is 8. The number of sulfone groups is 1. The van der Waals surface area contributed by atoms with Crippen LogP contribution in [0.3, 0.4) is 0 Å². The summed E-state index contributed by atoms with van der Waals surface area (Å²) in [5, 5.41) is 8.41. The van der Waals surface area contributed by atoms with Gasteiger partial charge in [-0.3, -0.25) is 9.71 Å². The van der Waals surface area contributed by atoms with E-state index in [0.717, 1.165) is 35.4 Å². The minimum Gasteiger partial charge on any atom is -0.381 e. The van der Waals surface area contributed by atoms with Gasteiger partial charge in [-0.25, -0.2) is 21.5 Å². The first kappa shape index (κ1) is 28.9. The molecule has 1 saturated carbocycles. The molecule has 1 unspecified atom stereocenters. The Morgan fingerprint density at radius 1 is 1.00 bits per heavy atom. The number of sulfonamides is 1. The lowest BCUT2D eigenvalue weighted by molar-refractivity contribution is 0.0552. The van der Waals surface area contributed by atoms with Crippen LogP contribution >= 0.6 is 0 Å². The van der Waals surface area contributed by atoms with Crippen molar-refractivity contribution in [1.82, 2.24) is 24.5 Å². The number of nitrogens with zero attached hydrogens (tertiary/aromatic N) is 5. The average molecular weight is 635 g/mol. The summed E-state index contributed by atoms with van der Waals surface area (Å²) in [7, 11) is -5.60. The van der Waals surface area contributed by atoms with Crippen molar-refractivity contribution in [3.8, 4) is 11.3 Å². The van der Waals surface area contributed by atoms with Crippen LogP contribution in [0.2, 0.25) is 0 Å². The van der Waals surface area contributed by atoms with Crippen molar-refractivity contribution in [3.05, 3.63) is 66.0 Å². The number of hydrogen-bond donors (Lipinski definition) is 1. The van der Waals surface area contributed by atoms with E-state index in [2.05, 4.69) is 31.7 Å². The van der Waals surface area contributed by atoms with Crippen molar-refractivity contribution in [3.63, 3.8) is 0 Å². The van der Waals surface area contributed by atoms with Gasteiger partial charge in [0.25, 0.3) is 0 Å². The van der Waals surface area contributed by atoms with Crippen LogP contribution in [0.4, 0.5) is 5.69 Å². The summed E-state index contributed by atoms with van der Waals surface area (Å²) in [6.45, 7) is 3.07. The van der Waals surface area contributed by atoms with Gasteiger partial charge in [0.2, 0.25) is 10.0 Å². The number of anilines is 1. The van der Waals surface area contributed by atoms with E-state index in [9.17, 15) is 16.8 Å². The van der Waals surface area contributed by atoms with Crippen molar-refractivity contribution >= 4 is 47.5 Å². The van der Waals surface area contributed by atoms with Crippen molar-refractivity contribution in [2.45, 2.75) is 48.8 Å². The molecule has 0 radical (unpaired) electrons. The summed E-state index contributed by atoms with van der Waals surface area (Å²) in [5.74, 6) is 0.118. The highest BCUT2D eigenvalue weighted by Gasteiger charge is 2.38. The molecule has 1 aliphatic heterocycles. The van der Waals surface area contributed by atoms with E-state index in [1.807, 2.05) is 38.2 Å². The van der Waals surface area contributed by atoms with E-state index < -0.39 is 25.1 Å². The largest absolute Gasteiger partial charge is 0.381 e. The van der Waals surface area contributed by atoms with Crippen LogP contribution in [-0.4, -0.2) is 66.1 Å². The number of rotatable bonds is 8. The van der Waals surface area contributed by atoms with Gasteiger partial charge < -0.3 is 9.30 Å². The molecule has 0 bridgehead atoms. The lowest BCUT2D eigenvalue weighted by Gasteiger charge is -2.33. The molecular weight excluding hydrogens is 601 g/mol. The lowest BCUT2D eigenvalue weighted by Crippen LogP contribution is -2.27. The van der Waals surface area contributed by atoms with Crippen LogP contribution in [0.15, 0.2) is 59.6 Å². The van der Waals surface area contributed by atoms with Gasteiger partial charge in [0.05, 0.1) is 55.2 Å². The highest BCUT2D eigenvalue weighted by atomic mass is 32.2. The maximum absolute atomic E-state index is 13.5. The predicted octanol–water partition coefficient (Wildman–Crippen LogP) is 4.62. The Bertz CT molecular complexity index is 2090. The first-order valence-electron chi connectivity index (χ1n) is 14.7. The number of aromatic nitrogens is 5. The summed E-state index contributed by atoms with van der Waals surface area (Å²) in [6.07, 6.45) is 5.66. The van der Waals surface area contributed by atoms with Crippen molar-refractivity contribution < 1.29 is 21.6 Å². The standard InChI is InChI=1S/C31H34N6O5S2/c1-19-29(36(2)35-33-19)22-17-25-28(32-18-22)27-24(34-44(40,41)23-9-10-23)11-12-26(43(3,38)39)31(27)37(25)30(20-7-5-4-6-8-20)21-13-15-42-16-14-21/h4-8,11-12,17-18,21,23,30,34H,9-10,13-16H2,1-3H3. The molecule has 1 N–H and O–H groups in total. The molecule has 7 rings (SSSR count). The van der Waals surface area contributed by atoms with E-state index >= 15 is 0 Å². The number of fused-ring (bicyclic) bond motifs is 3. The molecule has 44 heavy (non-hydrogen) atoms. The summed E-state index contributed by atoms with van der Waals surface area (Å²) in [5.41, 5.74) is 5.28. The molecule has 230 valence electrons. The molecule has 1 saturated heterocycles. The third-order valence-corrected chi connectivity index (χ3v) is 11.7. The van der Waals surface area contributed by atoms with Gasteiger partial charge in [0, 0.05) is 38.3 Å². The molecule has 0 spiro atoms. The molecule has 5 aromatic rings. The first-order chi connectivity index (χ1) is 21.0. The zero-order chi connectivity index (χ0) is 30.8. The Morgan fingerprint density at radius 2 is 1.73 bits per heavy atom. The zero-order valence-corrected chi connectivity index (χ0v) is 26.4. The molecule has 3 aromatic heterocycles. The smallest absolute Gasteiger partial charge is 0.235 e. The van der Waals surface area contributed by atoms with Crippen LogP contribution in [0, 0.1) is 12.8 Å². The van der Waals surface area contributed by atoms with Gasteiger partial charge in [-0.15, -0.1) is 5.10 Å². The Labute approximate surface area is 256 Å². The number of aryl methyl sites for hydroxylation is 2. The minimum absolute atomic E-state index is 0.118. The van der Waals surface area contributed by atoms with E-state index in [1.54, 1.807) is 16.9 Å². The number of pyridine rings is 1. The van der Waals surface area contributed by atoms with E-state index in [0.29, 0.717) is 53.7 Å². The van der Waals surface area contributed by atoms with Gasteiger partial charge >= 0.3 is 0 Å². The van der Waals surface area contributed by atoms with Crippen molar-refractivity contribution in [1.29, 1.82) is 0 Å². The third-order valence-electron chi connectivity index (χ3n) is 8.76. The Hall–Kier alpha value is -3.81. The minimum atomic E-state index is -3.75. The van der Waals surface area contributed by atoms with Gasteiger partial charge in [-0.05, 0) is 62.3 Å². The van der Waals surface area contributed by atoms with Crippen LogP contribution in [0.25, 0.3) is 33.2 Å². The Morgan fingerprint density at radius 3 is 2.36 bits per heavy atom. The second-order valence-corrected chi connectivity index (χ2v) is 15.8. The highest BCUT2D eigenvalue weighted by Crippen LogP contribution is 2.45. The van der Waals surface area contributed by atoms with Crippen LogP contribution in [0.1, 0.15) is 43.0 Å². The van der Waals surface area contributed by atoms with E-state index in [4.69, 9.17) is 9.72 Å². The van der Waals surface area contributed by atoms with Crippen LogP contribution in [-0.2, 0) is 31.6 Å². The molecule has 2 aliphatic rings. The normalized spacial score (nSPS) is 17.3. The van der Waals surface area contributed by atoms with Crippen LogP contribution in [0.5, 0.6) is 0 Å². The molecule has 0 amide bonds. The molecule has 1 atom stereocenters. The highest BCUT2D eigenvalue weighted by molar-refractivity contribution is 7.93. The fourth-order valence-corrected chi connectivity index (χ4v) is 8.86. The lowest BCUT2D eigenvalue weighted by atomic mass is 9.86. The molecule has 2 fully saturated rings. The summed E-state index contributed by atoms with van der Waals surface area (Å²) >= 11 is 0. The number of benzene rings is 2.